The highest BCUT2D eigenvalue weighted by atomic mass is 16.6. The second-order valence-electron chi connectivity index (χ2n) is 24.5. The molecule has 0 aliphatic carbocycles. The van der Waals surface area contributed by atoms with Crippen molar-refractivity contribution in [3.8, 4) is 11.4 Å². The Labute approximate surface area is 565 Å². The molecule has 0 spiro atoms. The van der Waals surface area contributed by atoms with E-state index in [9.17, 15) is 52.7 Å². The molecule has 0 unspecified atom stereocenters. The summed E-state index contributed by atoms with van der Waals surface area (Å²) in [6, 6.07) is 31.6. The Morgan fingerprint density at radius 2 is 1.10 bits per heavy atom. The summed E-state index contributed by atoms with van der Waals surface area (Å²) >= 11 is 0. The molecular weight excluding hydrogens is 1250 g/mol. The molecule has 3 N–H and O–H groups in total. The lowest BCUT2D eigenvalue weighted by atomic mass is 9.93. The van der Waals surface area contributed by atoms with Crippen LogP contribution in [-0.4, -0.2) is 192 Å². The van der Waals surface area contributed by atoms with Crippen molar-refractivity contribution in [2.45, 2.75) is 77.0 Å². The van der Waals surface area contributed by atoms with Gasteiger partial charge in [-0.05, 0) is 106 Å². The van der Waals surface area contributed by atoms with E-state index in [0.717, 1.165) is 27.2 Å². The van der Waals surface area contributed by atoms with Gasteiger partial charge in [-0.2, -0.15) is 0 Å². The number of rotatable bonds is 31. The molecule has 11 amide bonds. The van der Waals surface area contributed by atoms with E-state index in [2.05, 4.69) is 25.9 Å². The summed E-state index contributed by atoms with van der Waals surface area (Å²) < 4.78 is 9.29. The van der Waals surface area contributed by atoms with Crippen LogP contribution < -0.4 is 16.0 Å². The van der Waals surface area contributed by atoms with E-state index in [4.69, 9.17) is 4.74 Å². The molecule has 0 bridgehead atoms. The molecule has 2 aromatic heterocycles. The zero-order chi connectivity index (χ0) is 69.0. The van der Waals surface area contributed by atoms with Crippen molar-refractivity contribution in [1.82, 2.24) is 59.1 Å². The summed E-state index contributed by atoms with van der Waals surface area (Å²) in [5, 5.41) is 10.9. The number of nitrogens with one attached hydrogen (secondary N) is 3. The molecule has 8 aromatic rings. The second kappa shape index (κ2) is 30.9. The number of hydrogen-bond donors (Lipinski definition) is 3. The highest BCUT2D eigenvalue weighted by molar-refractivity contribution is 6.27. The van der Waals surface area contributed by atoms with Crippen molar-refractivity contribution in [3.63, 3.8) is 0 Å². The van der Waals surface area contributed by atoms with Crippen LogP contribution in [0, 0.1) is 0 Å². The second-order valence-corrected chi connectivity index (χ2v) is 24.5. The van der Waals surface area contributed by atoms with Crippen LogP contribution in [0.5, 0.6) is 0 Å². The van der Waals surface area contributed by atoms with E-state index in [1.807, 2.05) is 75.7 Å². The van der Waals surface area contributed by atoms with Crippen LogP contribution in [0.25, 0.3) is 32.9 Å². The van der Waals surface area contributed by atoms with Gasteiger partial charge in [-0.25, -0.2) is 14.8 Å². The first-order valence-electron chi connectivity index (χ1n) is 32.6. The molecule has 3 aliphatic heterocycles. The Hall–Kier alpha value is -11.5. The number of hydrogen-bond acceptors (Lipinski definition) is 15. The molecule has 6 aromatic carbocycles. The fourth-order valence-electron chi connectivity index (χ4n) is 12.4. The van der Waals surface area contributed by atoms with E-state index >= 15 is 0 Å². The van der Waals surface area contributed by atoms with Crippen LogP contribution in [0.15, 0.2) is 165 Å². The minimum absolute atomic E-state index is 0.0144. The average molecular weight is 1330 g/mol. The molecule has 0 saturated heterocycles. The van der Waals surface area contributed by atoms with Gasteiger partial charge in [0.1, 0.15) is 18.7 Å². The van der Waals surface area contributed by atoms with Gasteiger partial charge in [-0.3, -0.25) is 62.6 Å². The van der Waals surface area contributed by atoms with Gasteiger partial charge in [0, 0.05) is 159 Å². The number of unbranched alkanes of at least 4 members (excludes halogenated alkanes) is 2. The first-order chi connectivity index (χ1) is 47.4. The van der Waals surface area contributed by atoms with Crippen LogP contribution in [0.3, 0.4) is 0 Å². The zero-order valence-corrected chi connectivity index (χ0v) is 54.6. The monoisotopic (exact) mass is 1330 g/mol. The fraction of sp³-hybridized carbons (Fsp3) is 0.301. The number of anilines is 1. The van der Waals surface area contributed by atoms with E-state index in [1.165, 1.54) is 33.8 Å². The Balaban J connectivity index is 0.666. The largest absolute Gasteiger partial charge is 0.445 e. The number of likely N-dealkylation sites (N-methyl/N-ethyl adjacent to an activating group) is 1. The van der Waals surface area contributed by atoms with Crippen LogP contribution in [-0.2, 0) is 46.5 Å². The Kier molecular flexibility index (Phi) is 21.5. The molecule has 2 atom stereocenters. The lowest BCUT2D eigenvalue weighted by molar-refractivity contribution is -0.137. The van der Waals surface area contributed by atoms with Gasteiger partial charge in [-0.1, -0.05) is 73.2 Å². The third-order valence-corrected chi connectivity index (χ3v) is 17.8. The normalized spacial score (nSPS) is 14.0. The lowest BCUT2D eigenvalue weighted by Crippen LogP contribution is -2.52. The number of benzene rings is 6. The van der Waals surface area contributed by atoms with Crippen molar-refractivity contribution in [1.29, 1.82) is 0 Å². The predicted octanol–water partition coefficient (Wildman–Crippen LogP) is 7.11. The van der Waals surface area contributed by atoms with E-state index in [0.29, 0.717) is 88.4 Å². The van der Waals surface area contributed by atoms with Crippen molar-refractivity contribution in [2.24, 2.45) is 0 Å². The molecule has 0 radical (unpaired) electrons. The van der Waals surface area contributed by atoms with Gasteiger partial charge in [0.15, 0.2) is 0 Å². The summed E-state index contributed by atoms with van der Waals surface area (Å²) in [5.41, 5.74) is 4.94. The number of ether oxygens (including phenoxy) is 1. The molecule has 5 heterocycles. The number of amides is 11. The maximum absolute atomic E-state index is 14.3. The van der Waals surface area contributed by atoms with Crippen molar-refractivity contribution in [2.75, 3.05) is 71.8 Å². The highest BCUT2D eigenvalue weighted by Gasteiger charge is 2.36. The van der Waals surface area contributed by atoms with Crippen molar-refractivity contribution >= 4 is 92.4 Å². The number of carbonyl (C=O) groups excluding carboxylic acids is 11. The Bertz CT molecular complexity index is 4320. The smallest absolute Gasteiger partial charge is 0.409 e. The molecule has 11 rings (SSSR count). The summed E-state index contributed by atoms with van der Waals surface area (Å²) in [7, 11) is 3.42. The Morgan fingerprint density at radius 3 is 1.68 bits per heavy atom. The summed E-state index contributed by atoms with van der Waals surface area (Å²) in [6.45, 7) is 2.89. The number of imidazole rings is 2. The maximum atomic E-state index is 14.3. The standard InChI is InChI=1S/C73H75N13O12/c1-48(76-61(87)20-8-5-9-37-84-63(89)30-31-64(84)90)67(91)78-58(44-49-14-6-4-7-15-49)68(92)77-51-24-22-50(23-25-51)45-98-73(97)80(3)35-12-21-62(88)81(41-43-86-70(94)55-19-11-17-53-60(83-39-33-75-47-83)29-27-57(66(53)55)72(86)96)36-13-34-79(2)40-42-85-69(93)54-18-10-16-52-59(82-38-32-74-46-82)28-26-56(65(52)54)71(85)95/h4,6-7,10-11,14-19,22-33,38-39,46-48,58H,5,8-9,12-13,20-21,34-37,40-45H2,1-3H3,(H,76,87)(H,77,92)(H,78,91)/t48-,58-/m0/s1. The molecule has 504 valence electrons. The third-order valence-electron chi connectivity index (χ3n) is 17.8. The molecule has 0 saturated carbocycles. The van der Waals surface area contributed by atoms with Gasteiger partial charge < -0.3 is 44.5 Å². The molecular formula is C73H75N13O12. The first kappa shape index (κ1) is 67.9. The summed E-state index contributed by atoms with van der Waals surface area (Å²) in [4.78, 5) is 165. The SMILES string of the molecule is C[C@H](NC(=O)CCCCCN1C(=O)C=CC1=O)C(=O)N[C@@H](Cc1ccccc1)C(=O)Nc1ccc(COC(=O)N(C)CCCC(=O)N(CCCN(C)CCN2C(=O)c3cccc4c(-n5ccnc5)ccc(c34)C2=O)CCN2C(=O)c3cccc4c(-n5ccnc5)ccc(c34)C2=O)cc1. The van der Waals surface area contributed by atoms with Crippen LogP contribution in [0.4, 0.5) is 10.5 Å². The lowest BCUT2D eigenvalue weighted by Gasteiger charge is -2.31. The van der Waals surface area contributed by atoms with E-state index in [1.54, 1.807) is 110 Å². The van der Waals surface area contributed by atoms with E-state index < -0.39 is 53.6 Å². The average Bonchev–Trinajstić information content (AvgIpc) is 0.857. The third kappa shape index (κ3) is 15.6. The Morgan fingerprint density at radius 1 is 0.520 bits per heavy atom. The van der Waals surface area contributed by atoms with Crippen molar-refractivity contribution < 1.29 is 57.5 Å². The van der Waals surface area contributed by atoms with Crippen molar-refractivity contribution in [3.05, 3.63) is 198 Å². The fourth-order valence-corrected chi connectivity index (χ4v) is 12.4. The number of imide groups is 3. The molecule has 25 nitrogen and oxygen atoms in total. The van der Waals surface area contributed by atoms with E-state index in [-0.39, 0.29) is 95.2 Å². The van der Waals surface area contributed by atoms with Gasteiger partial charge in [0.25, 0.3) is 35.4 Å². The van der Waals surface area contributed by atoms with Gasteiger partial charge >= 0.3 is 6.09 Å². The number of carbonyl (C=O) groups is 11. The minimum atomic E-state index is -1.03. The highest BCUT2D eigenvalue weighted by Crippen LogP contribution is 2.36. The zero-order valence-electron chi connectivity index (χ0n) is 54.6. The summed E-state index contributed by atoms with van der Waals surface area (Å²) in [5.74, 6) is -4.17. The van der Waals surface area contributed by atoms with Gasteiger partial charge in [0.2, 0.25) is 23.6 Å². The summed E-state index contributed by atoms with van der Waals surface area (Å²) in [6.07, 6.45) is 14.6. The van der Waals surface area contributed by atoms with Gasteiger partial charge in [0.05, 0.1) is 24.0 Å². The number of nitrogens with zero attached hydrogens (tertiary/aromatic N) is 10. The predicted molar refractivity (Wildman–Crippen MR) is 363 cm³/mol. The first-order valence-corrected chi connectivity index (χ1v) is 32.6. The molecule has 25 heteroatoms. The minimum Gasteiger partial charge on any atom is -0.445 e. The van der Waals surface area contributed by atoms with Gasteiger partial charge in [-0.15, -0.1) is 0 Å². The molecule has 3 aliphatic rings. The molecule has 98 heavy (non-hydrogen) atoms. The quantitative estimate of drug-likeness (QED) is 0.0288. The molecule has 0 fully saturated rings. The number of aromatic nitrogens is 4. The van der Waals surface area contributed by atoms with Crippen LogP contribution in [0.1, 0.15) is 104 Å². The maximum Gasteiger partial charge on any atom is 0.409 e. The van der Waals surface area contributed by atoms with Crippen LogP contribution >= 0.6 is 0 Å². The van der Waals surface area contributed by atoms with Crippen LogP contribution in [0.2, 0.25) is 0 Å². The topological polar surface area (TPSA) is 288 Å².